The molecule has 1 saturated heterocycles. The van der Waals surface area contributed by atoms with Gasteiger partial charge in [0.1, 0.15) is 17.5 Å². The standard InChI is InChI=1S/C32H27F3N4O3/c33-25-7-1-21(2-8-25)20-39-18-15-36-30(32(39)42)31(41)38-16-13-23(14-17-38)22-4-10-27(11-5-22)37-29(40)12-6-24-3-9-26(34)19-28(24)35/h1-12,15,18-19,23H,13-14,16-17,20H2,(H,37,40)/b12-6+. The van der Waals surface area contributed by atoms with Gasteiger partial charge in [-0.05, 0) is 72.4 Å². The van der Waals surface area contributed by atoms with E-state index in [0.29, 0.717) is 31.6 Å². The van der Waals surface area contributed by atoms with Crippen molar-refractivity contribution in [1.29, 1.82) is 0 Å². The van der Waals surface area contributed by atoms with Crippen LogP contribution in [0.1, 0.15) is 45.9 Å². The number of piperidine rings is 1. The number of aromatic nitrogens is 2. The lowest BCUT2D eigenvalue weighted by Crippen LogP contribution is -2.41. The molecule has 0 aliphatic carbocycles. The van der Waals surface area contributed by atoms with Crippen LogP contribution in [0.15, 0.2) is 90.0 Å². The average Bonchev–Trinajstić information content (AvgIpc) is 2.99. The van der Waals surface area contributed by atoms with Crippen molar-refractivity contribution in [2.24, 2.45) is 0 Å². The number of anilines is 1. The summed E-state index contributed by atoms with van der Waals surface area (Å²) < 4.78 is 41.4. The zero-order valence-corrected chi connectivity index (χ0v) is 22.5. The molecule has 2 heterocycles. The number of nitrogens with zero attached hydrogens (tertiary/aromatic N) is 3. The molecule has 1 aromatic heterocycles. The zero-order chi connectivity index (χ0) is 29.6. The van der Waals surface area contributed by atoms with Crippen LogP contribution in [0.5, 0.6) is 0 Å². The second-order valence-corrected chi connectivity index (χ2v) is 10.0. The monoisotopic (exact) mass is 572 g/mol. The largest absolute Gasteiger partial charge is 0.337 e. The maximum absolute atomic E-state index is 13.7. The van der Waals surface area contributed by atoms with Crippen LogP contribution in [-0.4, -0.2) is 39.4 Å². The number of likely N-dealkylation sites (tertiary alicyclic amines) is 1. The number of hydrogen-bond donors (Lipinski definition) is 1. The minimum Gasteiger partial charge on any atom is -0.337 e. The van der Waals surface area contributed by atoms with E-state index in [1.54, 1.807) is 29.2 Å². The van der Waals surface area contributed by atoms with Crippen molar-refractivity contribution in [3.63, 3.8) is 0 Å². The van der Waals surface area contributed by atoms with Gasteiger partial charge in [0.15, 0.2) is 5.69 Å². The number of rotatable bonds is 7. The van der Waals surface area contributed by atoms with Crippen molar-refractivity contribution in [3.05, 3.63) is 135 Å². The van der Waals surface area contributed by atoms with Gasteiger partial charge in [-0.2, -0.15) is 0 Å². The van der Waals surface area contributed by atoms with Gasteiger partial charge in [-0.15, -0.1) is 0 Å². The predicted molar refractivity (Wildman–Crippen MR) is 152 cm³/mol. The van der Waals surface area contributed by atoms with Crippen LogP contribution in [0.25, 0.3) is 6.08 Å². The van der Waals surface area contributed by atoms with E-state index in [2.05, 4.69) is 10.3 Å². The first-order chi connectivity index (χ1) is 20.3. The molecule has 214 valence electrons. The van der Waals surface area contributed by atoms with Crippen LogP contribution in [-0.2, 0) is 11.3 Å². The zero-order valence-electron chi connectivity index (χ0n) is 22.5. The van der Waals surface area contributed by atoms with E-state index in [1.807, 2.05) is 12.1 Å². The Hall–Kier alpha value is -4.99. The summed E-state index contributed by atoms with van der Waals surface area (Å²) in [6.45, 7) is 1.12. The van der Waals surface area contributed by atoms with Gasteiger partial charge in [0.2, 0.25) is 5.91 Å². The molecule has 4 aromatic rings. The SMILES string of the molecule is O=C(/C=C/c1ccc(F)cc1F)Nc1ccc(C2CCN(C(=O)c3nccn(Cc4ccc(F)cc4)c3=O)CC2)cc1. The summed E-state index contributed by atoms with van der Waals surface area (Å²) in [6.07, 6.45) is 6.76. The highest BCUT2D eigenvalue weighted by Crippen LogP contribution is 2.29. The third-order valence-corrected chi connectivity index (χ3v) is 7.19. The molecule has 1 aliphatic heterocycles. The van der Waals surface area contributed by atoms with Crippen molar-refractivity contribution in [2.75, 3.05) is 18.4 Å². The molecule has 0 radical (unpaired) electrons. The van der Waals surface area contributed by atoms with Gasteiger partial charge < -0.3 is 14.8 Å². The van der Waals surface area contributed by atoms with Crippen LogP contribution in [0.2, 0.25) is 0 Å². The van der Waals surface area contributed by atoms with Gasteiger partial charge in [-0.25, -0.2) is 18.2 Å². The summed E-state index contributed by atoms with van der Waals surface area (Å²) >= 11 is 0. The van der Waals surface area contributed by atoms with Crippen molar-refractivity contribution in [1.82, 2.24) is 14.5 Å². The predicted octanol–water partition coefficient (Wildman–Crippen LogP) is 5.38. The van der Waals surface area contributed by atoms with E-state index in [4.69, 9.17) is 0 Å². The highest BCUT2D eigenvalue weighted by atomic mass is 19.1. The van der Waals surface area contributed by atoms with Gasteiger partial charge in [0.05, 0.1) is 6.54 Å². The second-order valence-electron chi connectivity index (χ2n) is 10.0. The van der Waals surface area contributed by atoms with E-state index < -0.39 is 29.0 Å². The normalized spacial score (nSPS) is 13.8. The minimum atomic E-state index is -0.754. The lowest BCUT2D eigenvalue weighted by molar-refractivity contribution is -0.111. The first-order valence-corrected chi connectivity index (χ1v) is 13.4. The lowest BCUT2D eigenvalue weighted by Gasteiger charge is -2.32. The summed E-state index contributed by atoms with van der Waals surface area (Å²) in [5.41, 5.74) is 1.81. The lowest BCUT2D eigenvalue weighted by atomic mass is 9.89. The van der Waals surface area contributed by atoms with Gasteiger partial charge >= 0.3 is 0 Å². The number of amides is 2. The smallest absolute Gasteiger partial charge is 0.282 e. The molecule has 5 rings (SSSR count). The number of nitrogens with one attached hydrogen (secondary N) is 1. The van der Waals surface area contributed by atoms with Crippen LogP contribution < -0.4 is 10.9 Å². The van der Waals surface area contributed by atoms with Crippen LogP contribution in [0, 0.1) is 17.5 Å². The minimum absolute atomic E-state index is 0.102. The summed E-state index contributed by atoms with van der Waals surface area (Å²) in [5.74, 6) is -2.49. The quantitative estimate of drug-likeness (QED) is 0.302. The van der Waals surface area contributed by atoms with Gasteiger partial charge in [-0.1, -0.05) is 24.3 Å². The third kappa shape index (κ3) is 6.83. The van der Waals surface area contributed by atoms with Crippen LogP contribution in [0.3, 0.4) is 0 Å². The van der Waals surface area contributed by atoms with E-state index >= 15 is 0 Å². The molecule has 0 saturated carbocycles. The molecule has 10 heteroatoms. The Balaban J connectivity index is 1.15. The van der Waals surface area contributed by atoms with E-state index in [-0.39, 0.29) is 29.5 Å². The Bertz CT molecular complexity index is 1680. The van der Waals surface area contributed by atoms with E-state index in [9.17, 15) is 27.6 Å². The number of halogens is 3. The molecule has 0 unspecified atom stereocenters. The average molecular weight is 573 g/mol. The summed E-state index contributed by atoms with van der Waals surface area (Å²) in [6, 6.07) is 16.3. The Morgan fingerprint density at radius 3 is 2.31 bits per heavy atom. The fourth-order valence-corrected chi connectivity index (χ4v) is 4.90. The third-order valence-electron chi connectivity index (χ3n) is 7.19. The Morgan fingerprint density at radius 2 is 1.62 bits per heavy atom. The highest BCUT2D eigenvalue weighted by Gasteiger charge is 2.27. The number of carbonyl (C=O) groups is 2. The maximum atomic E-state index is 13.7. The second kappa shape index (κ2) is 12.7. The van der Waals surface area contributed by atoms with Gasteiger partial charge in [0.25, 0.3) is 11.5 Å². The molecule has 2 amide bonds. The molecular formula is C32H27F3N4O3. The van der Waals surface area contributed by atoms with Gasteiger partial charge in [-0.3, -0.25) is 14.4 Å². The summed E-state index contributed by atoms with van der Waals surface area (Å²) in [7, 11) is 0. The molecule has 42 heavy (non-hydrogen) atoms. The number of carbonyl (C=O) groups excluding carboxylic acids is 2. The molecular weight excluding hydrogens is 545 g/mol. The summed E-state index contributed by atoms with van der Waals surface area (Å²) in [5, 5.41) is 2.71. The Morgan fingerprint density at radius 1 is 0.929 bits per heavy atom. The van der Waals surface area contributed by atoms with Crippen molar-refractivity contribution >= 4 is 23.6 Å². The van der Waals surface area contributed by atoms with Crippen LogP contribution in [0.4, 0.5) is 18.9 Å². The molecule has 1 N–H and O–H groups in total. The number of benzene rings is 3. The van der Waals surface area contributed by atoms with Crippen LogP contribution >= 0.6 is 0 Å². The van der Waals surface area contributed by atoms with Crippen molar-refractivity contribution < 1.29 is 22.8 Å². The number of hydrogen-bond acceptors (Lipinski definition) is 4. The summed E-state index contributed by atoms with van der Waals surface area (Å²) in [4.78, 5) is 44.1. The molecule has 0 spiro atoms. The molecule has 1 fully saturated rings. The molecule has 0 bridgehead atoms. The van der Waals surface area contributed by atoms with E-state index in [0.717, 1.165) is 23.3 Å². The first kappa shape index (κ1) is 28.5. The fourth-order valence-electron chi connectivity index (χ4n) is 4.90. The topological polar surface area (TPSA) is 84.3 Å². The van der Waals surface area contributed by atoms with E-state index in [1.165, 1.54) is 47.3 Å². The van der Waals surface area contributed by atoms with Crippen molar-refractivity contribution in [3.8, 4) is 0 Å². The Kier molecular flexibility index (Phi) is 8.61. The molecule has 0 atom stereocenters. The highest BCUT2D eigenvalue weighted by molar-refractivity contribution is 6.01. The van der Waals surface area contributed by atoms with Crippen molar-refractivity contribution in [2.45, 2.75) is 25.3 Å². The molecule has 3 aromatic carbocycles. The molecule has 7 nitrogen and oxygen atoms in total. The fraction of sp³-hybridized carbons (Fsp3) is 0.188. The first-order valence-electron chi connectivity index (χ1n) is 13.4. The Labute approximate surface area is 239 Å². The molecule has 1 aliphatic rings. The van der Waals surface area contributed by atoms with Gasteiger partial charge in [0, 0.05) is 48.9 Å². The maximum Gasteiger partial charge on any atom is 0.282 e.